The van der Waals surface area contributed by atoms with Crippen LogP contribution >= 0.6 is 35.3 Å². The number of aromatic nitrogens is 1. The summed E-state index contributed by atoms with van der Waals surface area (Å²) < 4.78 is 0. The van der Waals surface area contributed by atoms with E-state index in [1.807, 2.05) is 18.2 Å². The van der Waals surface area contributed by atoms with Crippen LogP contribution in [0.4, 0.5) is 0 Å². The number of benzene rings is 1. The Morgan fingerprint density at radius 3 is 2.54 bits per heavy atom. The minimum Gasteiger partial charge on any atom is -0.357 e. The van der Waals surface area contributed by atoms with Gasteiger partial charge in [0.05, 0.1) is 12.2 Å². The fraction of sp³-hybridized carbons (Fsp3) is 0.444. The summed E-state index contributed by atoms with van der Waals surface area (Å²) in [5, 5.41) is 7.72. The van der Waals surface area contributed by atoms with Crippen LogP contribution in [0.3, 0.4) is 0 Å². The standard InChI is InChI=1S/C18H26N4S.HI/c1-5-19-18(20-11-13(2)3)21-12-16-14(4)22-17(23-16)15-9-7-6-8-10-15;/h6-10,13H,5,11-12H2,1-4H3,(H2,19,20,21);1H. The van der Waals surface area contributed by atoms with Gasteiger partial charge in [-0.25, -0.2) is 9.98 Å². The molecule has 0 radical (unpaired) electrons. The van der Waals surface area contributed by atoms with Crippen molar-refractivity contribution < 1.29 is 0 Å². The molecule has 0 saturated heterocycles. The van der Waals surface area contributed by atoms with E-state index in [0.717, 1.165) is 29.8 Å². The van der Waals surface area contributed by atoms with Crippen molar-refractivity contribution in [3.63, 3.8) is 0 Å². The number of nitrogens with zero attached hydrogens (tertiary/aromatic N) is 2. The molecule has 2 aromatic rings. The highest BCUT2D eigenvalue weighted by molar-refractivity contribution is 14.0. The lowest BCUT2D eigenvalue weighted by atomic mass is 10.2. The largest absolute Gasteiger partial charge is 0.357 e. The van der Waals surface area contributed by atoms with Gasteiger partial charge in [0.1, 0.15) is 5.01 Å². The molecule has 2 N–H and O–H groups in total. The summed E-state index contributed by atoms with van der Waals surface area (Å²) in [5.41, 5.74) is 2.23. The minimum absolute atomic E-state index is 0. The fourth-order valence-electron chi connectivity index (χ4n) is 2.07. The van der Waals surface area contributed by atoms with Gasteiger partial charge < -0.3 is 10.6 Å². The molecule has 4 nitrogen and oxygen atoms in total. The van der Waals surface area contributed by atoms with Gasteiger partial charge >= 0.3 is 0 Å². The Bertz CT molecular complexity index is 638. The van der Waals surface area contributed by atoms with Crippen molar-refractivity contribution in [2.75, 3.05) is 13.1 Å². The third-order valence-corrected chi connectivity index (χ3v) is 4.51. The normalized spacial score (nSPS) is 11.3. The molecule has 2 rings (SSSR count). The van der Waals surface area contributed by atoms with E-state index in [1.165, 1.54) is 10.4 Å². The number of hydrogen-bond donors (Lipinski definition) is 2. The maximum atomic E-state index is 4.69. The summed E-state index contributed by atoms with van der Waals surface area (Å²) in [4.78, 5) is 10.6. The van der Waals surface area contributed by atoms with Gasteiger partial charge in [0.2, 0.25) is 0 Å². The van der Waals surface area contributed by atoms with Crippen molar-refractivity contribution in [1.82, 2.24) is 15.6 Å². The summed E-state index contributed by atoms with van der Waals surface area (Å²) in [6.45, 7) is 11.0. The van der Waals surface area contributed by atoms with Crippen molar-refractivity contribution in [3.05, 3.63) is 40.9 Å². The van der Waals surface area contributed by atoms with Gasteiger partial charge in [-0.3, -0.25) is 0 Å². The van der Waals surface area contributed by atoms with Gasteiger partial charge in [-0.05, 0) is 19.8 Å². The zero-order chi connectivity index (χ0) is 16.7. The van der Waals surface area contributed by atoms with Crippen molar-refractivity contribution in [1.29, 1.82) is 0 Å². The lowest BCUT2D eigenvalue weighted by molar-refractivity contribution is 0.615. The molecule has 24 heavy (non-hydrogen) atoms. The van der Waals surface area contributed by atoms with Crippen LogP contribution in [0.2, 0.25) is 0 Å². The Kier molecular flexibility index (Phi) is 9.28. The van der Waals surface area contributed by atoms with E-state index in [1.54, 1.807) is 11.3 Å². The predicted octanol–water partition coefficient (Wildman–Crippen LogP) is 4.45. The Morgan fingerprint density at radius 1 is 1.21 bits per heavy atom. The molecule has 1 aromatic carbocycles. The van der Waals surface area contributed by atoms with E-state index in [4.69, 9.17) is 0 Å². The molecule has 6 heteroatoms. The van der Waals surface area contributed by atoms with Crippen LogP contribution in [-0.2, 0) is 6.54 Å². The number of aliphatic imine (C=N–C) groups is 1. The van der Waals surface area contributed by atoms with Crippen molar-refractivity contribution in [2.45, 2.75) is 34.2 Å². The van der Waals surface area contributed by atoms with Gasteiger partial charge in [-0.1, -0.05) is 44.2 Å². The quantitative estimate of drug-likeness (QED) is 0.382. The zero-order valence-electron chi connectivity index (χ0n) is 14.8. The lowest BCUT2D eigenvalue weighted by Gasteiger charge is -2.12. The molecule has 0 aliphatic rings. The van der Waals surface area contributed by atoms with Crippen LogP contribution < -0.4 is 10.6 Å². The minimum atomic E-state index is 0. The predicted molar refractivity (Wildman–Crippen MR) is 115 cm³/mol. The second kappa shape index (κ2) is 10.7. The Morgan fingerprint density at radius 2 is 1.92 bits per heavy atom. The fourth-order valence-corrected chi connectivity index (χ4v) is 3.06. The third kappa shape index (κ3) is 6.39. The number of nitrogens with one attached hydrogen (secondary N) is 2. The maximum absolute atomic E-state index is 4.69. The first kappa shape index (κ1) is 20.9. The van der Waals surface area contributed by atoms with Crippen LogP contribution in [0, 0.1) is 12.8 Å². The molecule has 0 atom stereocenters. The van der Waals surface area contributed by atoms with E-state index in [2.05, 4.69) is 60.4 Å². The van der Waals surface area contributed by atoms with Crippen LogP contribution in [0.5, 0.6) is 0 Å². The zero-order valence-corrected chi connectivity index (χ0v) is 17.9. The highest BCUT2D eigenvalue weighted by Gasteiger charge is 2.09. The second-order valence-electron chi connectivity index (χ2n) is 5.86. The molecular weight excluding hydrogens is 431 g/mol. The second-order valence-corrected chi connectivity index (χ2v) is 6.95. The first-order chi connectivity index (χ1) is 11.1. The highest BCUT2D eigenvalue weighted by Crippen LogP contribution is 2.28. The average molecular weight is 458 g/mol. The molecule has 0 fully saturated rings. The summed E-state index contributed by atoms with van der Waals surface area (Å²) in [6.07, 6.45) is 0. The van der Waals surface area contributed by atoms with Crippen LogP contribution in [0.15, 0.2) is 35.3 Å². The van der Waals surface area contributed by atoms with Gasteiger partial charge in [0.15, 0.2) is 5.96 Å². The molecule has 0 bridgehead atoms. The van der Waals surface area contributed by atoms with Gasteiger partial charge in [0, 0.05) is 23.5 Å². The van der Waals surface area contributed by atoms with Crippen LogP contribution in [0.1, 0.15) is 31.3 Å². The van der Waals surface area contributed by atoms with E-state index in [0.29, 0.717) is 12.5 Å². The summed E-state index contributed by atoms with van der Waals surface area (Å²) >= 11 is 1.72. The van der Waals surface area contributed by atoms with E-state index in [-0.39, 0.29) is 24.0 Å². The topological polar surface area (TPSA) is 49.3 Å². The molecule has 0 amide bonds. The smallest absolute Gasteiger partial charge is 0.191 e. The van der Waals surface area contributed by atoms with Gasteiger partial charge in [-0.2, -0.15) is 0 Å². The average Bonchev–Trinajstić information content (AvgIpc) is 2.92. The summed E-state index contributed by atoms with van der Waals surface area (Å²) in [6, 6.07) is 10.3. The van der Waals surface area contributed by atoms with E-state index < -0.39 is 0 Å². The molecule has 0 spiro atoms. The van der Waals surface area contributed by atoms with Crippen LogP contribution in [-0.4, -0.2) is 24.0 Å². The number of rotatable bonds is 6. The van der Waals surface area contributed by atoms with Crippen molar-refractivity contribution in [3.8, 4) is 10.6 Å². The molecule has 0 saturated carbocycles. The lowest BCUT2D eigenvalue weighted by Crippen LogP contribution is -2.39. The Hall–Kier alpha value is -1.15. The first-order valence-corrected chi connectivity index (χ1v) is 8.95. The molecule has 0 aliphatic carbocycles. The molecule has 1 heterocycles. The van der Waals surface area contributed by atoms with Crippen molar-refractivity contribution in [2.24, 2.45) is 10.9 Å². The molecule has 132 valence electrons. The number of thiazole rings is 1. The summed E-state index contributed by atoms with van der Waals surface area (Å²) in [5.74, 6) is 1.46. The van der Waals surface area contributed by atoms with Gasteiger partial charge in [0.25, 0.3) is 0 Å². The number of halogens is 1. The Balaban J connectivity index is 0.00000288. The maximum Gasteiger partial charge on any atom is 0.191 e. The van der Waals surface area contributed by atoms with E-state index in [9.17, 15) is 0 Å². The monoisotopic (exact) mass is 458 g/mol. The highest BCUT2D eigenvalue weighted by atomic mass is 127. The van der Waals surface area contributed by atoms with Crippen molar-refractivity contribution >= 4 is 41.3 Å². The van der Waals surface area contributed by atoms with Gasteiger partial charge in [-0.15, -0.1) is 35.3 Å². The third-order valence-electron chi connectivity index (χ3n) is 3.32. The summed E-state index contributed by atoms with van der Waals surface area (Å²) in [7, 11) is 0. The SMILES string of the molecule is CCNC(=NCc1sc(-c2ccccc2)nc1C)NCC(C)C.I. The molecule has 1 aromatic heterocycles. The molecular formula is C18H27IN4S. The molecule has 0 unspecified atom stereocenters. The van der Waals surface area contributed by atoms with Crippen LogP contribution in [0.25, 0.3) is 10.6 Å². The van der Waals surface area contributed by atoms with E-state index >= 15 is 0 Å². The first-order valence-electron chi connectivity index (χ1n) is 8.14. The Labute approximate surface area is 166 Å². The number of aryl methyl sites for hydroxylation is 1. The molecule has 0 aliphatic heterocycles. The number of guanidine groups is 1. The number of hydrogen-bond acceptors (Lipinski definition) is 3.